The third-order valence-corrected chi connectivity index (χ3v) is 7.84. The molecule has 3 amide bonds. The lowest BCUT2D eigenvalue weighted by molar-refractivity contribution is -0.144. The molecule has 9 heteroatoms. The molecule has 0 aromatic heterocycles. The van der Waals surface area contributed by atoms with Crippen LogP contribution >= 0.6 is 0 Å². The van der Waals surface area contributed by atoms with E-state index in [9.17, 15) is 14.4 Å². The quantitative estimate of drug-likeness (QED) is 0.552. The monoisotopic (exact) mass is 548 g/mol. The number of methoxy groups -OCH3 is 1. The molecule has 0 unspecified atom stereocenters. The molecule has 2 bridgehead atoms. The first-order valence-corrected chi connectivity index (χ1v) is 13.9. The molecule has 2 aromatic carbocycles. The van der Waals surface area contributed by atoms with Crippen molar-refractivity contribution >= 4 is 23.8 Å². The second kappa shape index (κ2) is 13.0. The molecule has 1 saturated heterocycles. The summed E-state index contributed by atoms with van der Waals surface area (Å²) in [6, 6.07) is 13.1. The predicted molar refractivity (Wildman–Crippen MR) is 154 cm³/mol. The van der Waals surface area contributed by atoms with E-state index in [1.54, 1.807) is 36.4 Å². The zero-order chi connectivity index (χ0) is 28.8. The van der Waals surface area contributed by atoms with Crippen molar-refractivity contribution < 1.29 is 23.9 Å². The van der Waals surface area contributed by atoms with Crippen molar-refractivity contribution in [2.75, 3.05) is 27.7 Å². The molecule has 0 aliphatic carbocycles. The van der Waals surface area contributed by atoms with Crippen LogP contribution in [0, 0.1) is 5.92 Å². The van der Waals surface area contributed by atoms with Gasteiger partial charge >= 0.3 is 0 Å². The van der Waals surface area contributed by atoms with Gasteiger partial charge in [-0.25, -0.2) is 0 Å². The highest BCUT2D eigenvalue weighted by Crippen LogP contribution is 2.30. The Bertz CT molecular complexity index is 1230. The topological polar surface area (TPSA) is 100 Å². The van der Waals surface area contributed by atoms with Crippen molar-refractivity contribution in [3.05, 3.63) is 65.9 Å². The van der Waals surface area contributed by atoms with Crippen molar-refractivity contribution in [1.29, 1.82) is 0 Å². The number of fused-ring (bicyclic) bond motifs is 3. The van der Waals surface area contributed by atoms with Gasteiger partial charge in [0.25, 0.3) is 0 Å². The van der Waals surface area contributed by atoms with E-state index in [1.165, 1.54) is 0 Å². The molecule has 4 rings (SSSR count). The summed E-state index contributed by atoms with van der Waals surface area (Å²) in [6.07, 6.45) is 4.37. The largest absolute Gasteiger partial charge is 0.496 e. The maximum absolute atomic E-state index is 14.1. The Labute approximate surface area is 236 Å². The third-order valence-electron chi connectivity index (χ3n) is 7.84. The Morgan fingerprint density at radius 2 is 1.90 bits per heavy atom. The Kier molecular flexibility index (Phi) is 9.47. The van der Waals surface area contributed by atoms with Gasteiger partial charge in [-0.3, -0.25) is 19.3 Å². The molecule has 214 valence electrons. The molecule has 0 radical (unpaired) electrons. The summed E-state index contributed by atoms with van der Waals surface area (Å²) in [4.78, 5) is 44.7. The van der Waals surface area contributed by atoms with E-state index < -0.39 is 30.1 Å². The van der Waals surface area contributed by atoms with Gasteiger partial charge in [0, 0.05) is 24.7 Å². The van der Waals surface area contributed by atoms with Gasteiger partial charge < -0.3 is 25.0 Å². The Morgan fingerprint density at radius 1 is 1.15 bits per heavy atom. The first kappa shape index (κ1) is 29.1. The summed E-state index contributed by atoms with van der Waals surface area (Å²) < 4.78 is 11.9. The van der Waals surface area contributed by atoms with Crippen LogP contribution in [-0.2, 0) is 20.8 Å². The number of amides is 3. The molecule has 2 aromatic rings. The number of rotatable bonds is 7. The minimum Gasteiger partial charge on any atom is -0.496 e. The van der Waals surface area contributed by atoms with Gasteiger partial charge in [-0.05, 0) is 56.3 Å². The van der Waals surface area contributed by atoms with E-state index in [0.29, 0.717) is 37.3 Å². The number of carbonyl (C=O) groups is 3. The molecule has 2 N–H and O–H groups in total. The molecule has 5 atom stereocenters. The SMILES string of the molecule is CC[C@H](C)[C@@H]1NC(=O)[C@@H]2[C@H](CCN2C(=O)[C@H](Cc2ccccc2)N(C)C)Oc2ccc(OC)c(c2)/C=C\NC1=O. The van der Waals surface area contributed by atoms with Gasteiger partial charge in [0.05, 0.1) is 13.2 Å². The van der Waals surface area contributed by atoms with Crippen LogP contribution in [0.4, 0.5) is 0 Å². The number of nitrogens with one attached hydrogen (secondary N) is 2. The van der Waals surface area contributed by atoms with Gasteiger partial charge in [-0.2, -0.15) is 0 Å². The number of benzene rings is 2. The van der Waals surface area contributed by atoms with Crippen LogP contribution in [0.3, 0.4) is 0 Å². The van der Waals surface area contributed by atoms with Crippen LogP contribution in [0.1, 0.15) is 37.8 Å². The van der Waals surface area contributed by atoms with Crippen LogP contribution < -0.4 is 20.1 Å². The Hall–Kier alpha value is -3.85. The van der Waals surface area contributed by atoms with Gasteiger partial charge in [-0.15, -0.1) is 0 Å². The van der Waals surface area contributed by atoms with Gasteiger partial charge in [0.2, 0.25) is 17.7 Å². The fourth-order valence-electron chi connectivity index (χ4n) is 5.30. The van der Waals surface area contributed by atoms with E-state index in [-0.39, 0.29) is 17.7 Å². The summed E-state index contributed by atoms with van der Waals surface area (Å²) >= 11 is 0. The average molecular weight is 549 g/mol. The fourth-order valence-corrected chi connectivity index (χ4v) is 5.30. The highest BCUT2D eigenvalue weighted by molar-refractivity contribution is 5.94. The van der Waals surface area contributed by atoms with E-state index in [2.05, 4.69) is 10.6 Å². The summed E-state index contributed by atoms with van der Waals surface area (Å²) in [6.45, 7) is 4.26. The number of hydrogen-bond acceptors (Lipinski definition) is 6. The summed E-state index contributed by atoms with van der Waals surface area (Å²) in [5.74, 6) is 0.175. The van der Waals surface area contributed by atoms with Crippen molar-refractivity contribution in [2.24, 2.45) is 5.92 Å². The average Bonchev–Trinajstić information content (AvgIpc) is 3.37. The van der Waals surface area contributed by atoms with Crippen LogP contribution in [0.25, 0.3) is 6.08 Å². The number of likely N-dealkylation sites (tertiary alicyclic amines) is 1. The van der Waals surface area contributed by atoms with Crippen molar-refractivity contribution in [2.45, 2.75) is 57.3 Å². The maximum Gasteiger partial charge on any atom is 0.247 e. The molecule has 2 aliphatic rings. The molecular weight excluding hydrogens is 508 g/mol. The van der Waals surface area contributed by atoms with Crippen LogP contribution in [0.5, 0.6) is 11.5 Å². The lowest BCUT2D eigenvalue weighted by Gasteiger charge is -2.34. The molecule has 2 heterocycles. The lowest BCUT2D eigenvalue weighted by atomic mass is 9.97. The van der Waals surface area contributed by atoms with Crippen molar-refractivity contribution in [3.63, 3.8) is 0 Å². The molecule has 0 spiro atoms. The number of ether oxygens (including phenoxy) is 2. The van der Waals surface area contributed by atoms with E-state index >= 15 is 0 Å². The van der Waals surface area contributed by atoms with Crippen molar-refractivity contribution in [3.8, 4) is 11.5 Å². The molecule has 0 saturated carbocycles. The van der Waals surface area contributed by atoms with Crippen LogP contribution in [-0.4, -0.2) is 79.5 Å². The summed E-state index contributed by atoms with van der Waals surface area (Å²) in [7, 11) is 5.32. The Balaban J connectivity index is 1.71. The Morgan fingerprint density at radius 3 is 2.58 bits per heavy atom. The summed E-state index contributed by atoms with van der Waals surface area (Å²) in [5.41, 5.74) is 1.75. The minimum atomic E-state index is -0.899. The maximum atomic E-state index is 14.1. The third kappa shape index (κ3) is 6.47. The first-order chi connectivity index (χ1) is 19.2. The van der Waals surface area contributed by atoms with Gasteiger partial charge in [0.15, 0.2) is 0 Å². The van der Waals surface area contributed by atoms with Gasteiger partial charge in [-0.1, -0.05) is 50.6 Å². The van der Waals surface area contributed by atoms with E-state index in [1.807, 2.05) is 69.2 Å². The number of hydrogen-bond donors (Lipinski definition) is 2. The van der Waals surface area contributed by atoms with E-state index in [4.69, 9.17) is 9.47 Å². The van der Waals surface area contributed by atoms with Crippen LogP contribution in [0.2, 0.25) is 0 Å². The number of likely N-dealkylation sites (N-methyl/N-ethyl adjacent to an activating group) is 1. The zero-order valence-corrected chi connectivity index (χ0v) is 23.9. The molecule has 9 nitrogen and oxygen atoms in total. The first-order valence-electron chi connectivity index (χ1n) is 13.9. The van der Waals surface area contributed by atoms with E-state index in [0.717, 1.165) is 11.1 Å². The minimum absolute atomic E-state index is 0.129. The molecular formula is C31H40N4O5. The zero-order valence-electron chi connectivity index (χ0n) is 23.9. The second-order valence-electron chi connectivity index (χ2n) is 10.7. The number of nitrogens with zero attached hydrogens (tertiary/aromatic N) is 2. The van der Waals surface area contributed by atoms with Gasteiger partial charge in [0.1, 0.15) is 29.7 Å². The van der Waals surface area contributed by atoms with Crippen LogP contribution in [0.15, 0.2) is 54.7 Å². The molecule has 40 heavy (non-hydrogen) atoms. The highest BCUT2D eigenvalue weighted by atomic mass is 16.5. The lowest BCUT2D eigenvalue weighted by Crippen LogP contribution is -2.59. The highest BCUT2D eigenvalue weighted by Gasteiger charge is 2.46. The van der Waals surface area contributed by atoms with Crippen molar-refractivity contribution in [1.82, 2.24) is 20.4 Å². The number of carbonyl (C=O) groups excluding carboxylic acids is 3. The standard InChI is InChI=1S/C31H40N4O5/c1-6-20(2)27-29(36)32-16-14-22-19-23(12-13-25(22)39-5)40-26-15-17-35(28(26)30(37)33-27)31(38)24(34(3)4)18-21-10-8-7-9-11-21/h7-14,16,19-20,24,26-28H,6,15,17-18H2,1-5H3,(H,32,36)(H,33,37)/b16-14-/t20-,24-,26-,27-,28-/m0/s1. The normalized spacial score (nSPS) is 23.4. The molecule has 2 aliphatic heterocycles. The predicted octanol–water partition coefficient (Wildman–Crippen LogP) is 2.85. The fraction of sp³-hybridized carbons (Fsp3) is 0.452. The summed E-state index contributed by atoms with van der Waals surface area (Å²) in [5, 5.41) is 5.77. The second-order valence-corrected chi connectivity index (χ2v) is 10.7. The molecule has 1 fully saturated rings. The smallest absolute Gasteiger partial charge is 0.247 e.